The molecule has 0 aliphatic rings. The number of nitrogens with zero attached hydrogens (tertiary/aromatic N) is 2. The number of phenolic OH excluding ortho intramolecular Hbond substituents is 2. The van der Waals surface area contributed by atoms with Crippen LogP contribution < -0.4 is 9.47 Å². The Hall–Kier alpha value is -5.66. The third-order valence-electron chi connectivity index (χ3n) is 6.12. The number of methoxy groups -OCH3 is 4. The molecular weight excluding hydrogens is 580 g/mol. The highest BCUT2D eigenvalue weighted by atomic mass is 16.5. The normalized spacial score (nSPS) is 10.3. The molecular formula is C30H30N2O12. The van der Waals surface area contributed by atoms with Crippen molar-refractivity contribution in [2.75, 3.05) is 41.7 Å². The lowest BCUT2D eigenvalue weighted by atomic mass is 10.00. The highest BCUT2D eigenvalue weighted by Gasteiger charge is 2.32. The van der Waals surface area contributed by atoms with E-state index in [1.807, 2.05) is 0 Å². The topological polar surface area (TPSA) is 190 Å². The highest BCUT2D eigenvalue weighted by Crippen LogP contribution is 2.41. The van der Waals surface area contributed by atoms with Gasteiger partial charge in [0.05, 0.1) is 41.7 Å². The van der Waals surface area contributed by atoms with Crippen LogP contribution in [0.2, 0.25) is 0 Å². The van der Waals surface area contributed by atoms with Gasteiger partial charge in [-0.25, -0.2) is 19.2 Å². The molecule has 0 atom stereocenters. The fourth-order valence-corrected chi connectivity index (χ4v) is 4.30. The quantitative estimate of drug-likeness (QED) is 0.166. The Balaban J connectivity index is 0.000000244. The van der Waals surface area contributed by atoms with Crippen LogP contribution in [-0.2, 0) is 18.9 Å². The molecule has 232 valence electrons. The lowest BCUT2D eigenvalue weighted by Gasteiger charge is -2.19. The van der Waals surface area contributed by atoms with Crippen molar-refractivity contribution in [3.8, 4) is 23.0 Å². The Labute approximate surface area is 251 Å². The van der Waals surface area contributed by atoms with Crippen molar-refractivity contribution >= 4 is 45.7 Å². The Morgan fingerprint density at radius 3 is 1.50 bits per heavy atom. The zero-order chi connectivity index (χ0) is 32.6. The number of carbonyl (C=O) groups is 4. The minimum absolute atomic E-state index is 0.0157. The summed E-state index contributed by atoms with van der Waals surface area (Å²) >= 11 is 0. The molecule has 2 aromatic heterocycles. The fraction of sp³-hybridized carbons (Fsp3) is 0.267. The molecule has 2 aromatic carbocycles. The van der Waals surface area contributed by atoms with Gasteiger partial charge in [-0.05, 0) is 38.1 Å². The number of esters is 4. The molecule has 44 heavy (non-hydrogen) atoms. The number of carbonyl (C=O) groups excluding carboxylic acids is 4. The molecule has 0 radical (unpaired) electrons. The Kier molecular flexibility index (Phi) is 10.8. The molecule has 0 fully saturated rings. The van der Waals surface area contributed by atoms with E-state index in [2.05, 4.69) is 19.4 Å². The van der Waals surface area contributed by atoms with Crippen molar-refractivity contribution in [2.24, 2.45) is 0 Å². The number of rotatable bonds is 8. The van der Waals surface area contributed by atoms with Crippen LogP contribution in [0.3, 0.4) is 0 Å². The van der Waals surface area contributed by atoms with E-state index in [1.165, 1.54) is 32.5 Å². The van der Waals surface area contributed by atoms with Crippen LogP contribution in [0.15, 0.2) is 36.7 Å². The molecule has 0 aliphatic heterocycles. The van der Waals surface area contributed by atoms with E-state index in [1.54, 1.807) is 32.2 Å². The zero-order valence-corrected chi connectivity index (χ0v) is 24.7. The van der Waals surface area contributed by atoms with Gasteiger partial charge in [0.25, 0.3) is 0 Å². The molecule has 4 aromatic rings. The maximum absolute atomic E-state index is 12.4. The summed E-state index contributed by atoms with van der Waals surface area (Å²) in [6, 6.07) is 6.41. The van der Waals surface area contributed by atoms with Gasteiger partial charge < -0.3 is 38.6 Å². The van der Waals surface area contributed by atoms with E-state index in [4.69, 9.17) is 18.9 Å². The zero-order valence-electron chi connectivity index (χ0n) is 24.7. The van der Waals surface area contributed by atoms with Crippen molar-refractivity contribution in [1.29, 1.82) is 0 Å². The van der Waals surface area contributed by atoms with E-state index in [0.29, 0.717) is 17.5 Å². The van der Waals surface area contributed by atoms with Gasteiger partial charge in [-0.15, -0.1) is 0 Å². The van der Waals surface area contributed by atoms with Gasteiger partial charge in [-0.3, -0.25) is 9.97 Å². The number of benzene rings is 2. The fourth-order valence-electron chi connectivity index (χ4n) is 4.30. The lowest BCUT2D eigenvalue weighted by molar-refractivity contribution is 0.0548. The number of pyridine rings is 2. The molecule has 0 amide bonds. The summed E-state index contributed by atoms with van der Waals surface area (Å²) in [5.74, 6) is -4.06. The number of fused-ring (bicyclic) bond motifs is 2. The van der Waals surface area contributed by atoms with E-state index < -0.39 is 46.5 Å². The van der Waals surface area contributed by atoms with Crippen molar-refractivity contribution in [1.82, 2.24) is 9.97 Å². The molecule has 0 spiro atoms. The second-order valence-corrected chi connectivity index (χ2v) is 8.49. The first-order valence-electron chi connectivity index (χ1n) is 13.0. The first-order valence-corrected chi connectivity index (χ1v) is 13.0. The van der Waals surface area contributed by atoms with Crippen molar-refractivity contribution in [3.05, 3.63) is 58.9 Å². The van der Waals surface area contributed by atoms with Crippen LogP contribution in [0.4, 0.5) is 0 Å². The second-order valence-electron chi connectivity index (χ2n) is 8.49. The summed E-state index contributed by atoms with van der Waals surface area (Å²) in [5, 5.41) is 20.9. The highest BCUT2D eigenvalue weighted by molar-refractivity contribution is 6.14. The van der Waals surface area contributed by atoms with Crippen LogP contribution in [-0.4, -0.2) is 85.7 Å². The smallest absolute Gasteiger partial charge is 0.342 e. The largest absolute Gasteiger partial charge is 0.506 e. The number of ether oxygens (including phenoxy) is 6. The number of aromatic nitrogens is 2. The van der Waals surface area contributed by atoms with Gasteiger partial charge in [-0.1, -0.05) is 0 Å². The molecule has 14 heteroatoms. The van der Waals surface area contributed by atoms with Gasteiger partial charge in [-0.2, -0.15) is 0 Å². The molecule has 4 rings (SSSR count). The SMILES string of the molecule is CCOc1c(C(=O)OC)c(C(=O)OC)c(OCC)c2ncccc12.COC(=O)c1c(C(=O)OC)c(O)c2ncccc2c1O. The van der Waals surface area contributed by atoms with E-state index in [9.17, 15) is 29.4 Å². The molecule has 0 aliphatic carbocycles. The minimum Gasteiger partial charge on any atom is -0.506 e. The number of hydrogen-bond acceptors (Lipinski definition) is 14. The van der Waals surface area contributed by atoms with Gasteiger partial charge in [0, 0.05) is 23.2 Å². The first-order chi connectivity index (χ1) is 21.1. The van der Waals surface area contributed by atoms with Gasteiger partial charge in [0.2, 0.25) is 0 Å². The Bertz CT molecular complexity index is 1610. The minimum atomic E-state index is -0.981. The summed E-state index contributed by atoms with van der Waals surface area (Å²) in [5.41, 5.74) is -0.634. The van der Waals surface area contributed by atoms with Gasteiger partial charge in [0.1, 0.15) is 44.8 Å². The van der Waals surface area contributed by atoms with Crippen LogP contribution in [0, 0.1) is 0 Å². The van der Waals surface area contributed by atoms with Crippen molar-refractivity contribution < 1.29 is 57.8 Å². The predicted octanol–water partition coefficient (Wildman–Crippen LogP) is 3.82. The first kappa shape index (κ1) is 32.8. The third kappa shape index (κ3) is 6.09. The molecule has 0 saturated heterocycles. The van der Waals surface area contributed by atoms with Crippen molar-refractivity contribution in [2.45, 2.75) is 13.8 Å². The van der Waals surface area contributed by atoms with Gasteiger partial charge >= 0.3 is 23.9 Å². The van der Waals surface area contributed by atoms with E-state index >= 15 is 0 Å². The molecule has 0 saturated carbocycles. The summed E-state index contributed by atoms with van der Waals surface area (Å²) in [6.07, 6.45) is 2.94. The maximum Gasteiger partial charge on any atom is 0.342 e. The van der Waals surface area contributed by atoms with E-state index in [-0.39, 0.29) is 40.1 Å². The molecule has 0 bridgehead atoms. The monoisotopic (exact) mass is 610 g/mol. The maximum atomic E-state index is 12.4. The molecule has 0 unspecified atom stereocenters. The summed E-state index contributed by atoms with van der Waals surface area (Å²) in [7, 11) is 4.63. The molecule has 2 N–H and O–H groups in total. The number of phenols is 2. The lowest BCUT2D eigenvalue weighted by Crippen LogP contribution is -2.17. The van der Waals surface area contributed by atoms with Crippen molar-refractivity contribution in [3.63, 3.8) is 0 Å². The average Bonchev–Trinajstić information content (AvgIpc) is 3.06. The van der Waals surface area contributed by atoms with Crippen LogP contribution in [0.1, 0.15) is 55.3 Å². The second kappa shape index (κ2) is 14.5. The third-order valence-corrected chi connectivity index (χ3v) is 6.12. The van der Waals surface area contributed by atoms with Crippen LogP contribution in [0.25, 0.3) is 21.8 Å². The summed E-state index contributed by atoms with van der Waals surface area (Å²) in [6.45, 7) is 4.12. The predicted molar refractivity (Wildman–Crippen MR) is 155 cm³/mol. The number of hydrogen-bond donors (Lipinski definition) is 2. The van der Waals surface area contributed by atoms with Gasteiger partial charge in [0.15, 0.2) is 11.5 Å². The van der Waals surface area contributed by atoms with E-state index in [0.717, 1.165) is 14.2 Å². The van der Waals surface area contributed by atoms with Crippen LogP contribution in [0.5, 0.6) is 23.0 Å². The summed E-state index contributed by atoms with van der Waals surface area (Å²) in [4.78, 5) is 56.4. The molecule has 2 heterocycles. The molecule has 14 nitrogen and oxygen atoms in total. The Morgan fingerprint density at radius 2 is 1.00 bits per heavy atom. The Morgan fingerprint density at radius 1 is 0.591 bits per heavy atom. The summed E-state index contributed by atoms with van der Waals surface area (Å²) < 4.78 is 30.0. The van der Waals surface area contributed by atoms with Crippen LogP contribution >= 0.6 is 0 Å². The number of aromatic hydroxyl groups is 2. The standard InChI is InChI=1S/C17H19NO6.C13H11NO6/c1-5-23-14-10-8-7-9-18-13(10)15(24-6-2)12(17(20)22-4)11(14)16(19)21-3;1-19-12(17)7-8(13(18)20-2)11(16)9-6(10(7)15)4-3-5-14-9/h7-9H,5-6H2,1-4H3;3-5,15-16H,1-2H3. The average molecular weight is 611 g/mol.